The number of rotatable bonds is 4. The van der Waals surface area contributed by atoms with E-state index >= 15 is 0 Å². The Hall–Kier alpha value is -1.80. The number of benzene rings is 1. The first-order valence-electron chi connectivity index (χ1n) is 7.67. The van der Waals surface area contributed by atoms with Gasteiger partial charge >= 0.3 is 0 Å². The summed E-state index contributed by atoms with van der Waals surface area (Å²) in [4.78, 5) is 20.1. The summed E-state index contributed by atoms with van der Waals surface area (Å²) in [5, 5.41) is 20.5. The number of fused-ring (bicyclic) bond motifs is 1. The van der Waals surface area contributed by atoms with Crippen molar-refractivity contribution in [2.45, 2.75) is 19.3 Å². The maximum absolute atomic E-state index is 12.9. The molecule has 0 bridgehead atoms. The number of nitrogens with zero attached hydrogens (tertiary/aromatic N) is 4. The molecule has 1 amide bonds. The van der Waals surface area contributed by atoms with Crippen molar-refractivity contribution in [1.29, 1.82) is 0 Å². The van der Waals surface area contributed by atoms with Crippen molar-refractivity contribution in [2.24, 2.45) is 7.05 Å². The number of hydrogen-bond donors (Lipinski definition) is 2. The highest BCUT2D eigenvalue weighted by atomic mass is 35.5. The number of halogens is 2. The van der Waals surface area contributed by atoms with Crippen LogP contribution in [0.4, 0.5) is 5.82 Å². The van der Waals surface area contributed by atoms with Crippen LogP contribution in [0.1, 0.15) is 21.9 Å². The van der Waals surface area contributed by atoms with Crippen LogP contribution in [0.2, 0.25) is 10.0 Å². The molecule has 25 heavy (non-hydrogen) atoms. The van der Waals surface area contributed by atoms with Gasteiger partial charge in [-0.2, -0.15) is 0 Å². The Kier molecular flexibility index (Phi) is 4.92. The number of aliphatic hydroxyl groups is 2. The topological polar surface area (TPSA) is 81.8 Å². The van der Waals surface area contributed by atoms with Crippen LogP contribution in [0.25, 0.3) is 0 Å². The van der Waals surface area contributed by atoms with Crippen molar-refractivity contribution in [3.05, 3.63) is 45.3 Å². The van der Waals surface area contributed by atoms with Gasteiger partial charge in [-0.3, -0.25) is 9.69 Å². The van der Waals surface area contributed by atoms with Gasteiger partial charge in [-0.25, -0.2) is 4.98 Å². The number of amides is 1. The minimum Gasteiger partial charge on any atom is -0.396 e. The lowest BCUT2D eigenvalue weighted by Gasteiger charge is -2.38. The lowest BCUT2D eigenvalue weighted by Crippen LogP contribution is -2.53. The van der Waals surface area contributed by atoms with Gasteiger partial charge in [0.15, 0.2) is 11.5 Å². The summed E-state index contributed by atoms with van der Waals surface area (Å²) in [5.41, 5.74) is 1.12. The Labute approximate surface area is 155 Å². The molecule has 9 heteroatoms. The molecule has 0 radical (unpaired) electrons. The zero-order valence-corrected chi connectivity index (χ0v) is 15.3. The van der Waals surface area contributed by atoms with Crippen molar-refractivity contribution in [3.8, 4) is 0 Å². The number of carbonyl (C=O) groups excluding carboxylic acids is 1. The quantitative estimate of drug-likeness (QED) is 0.836. The molecule has 1 unspecified atom stereocenters. The fraction of sp³-hybridized carbons (Fsp3) is 0.375. The number of aromatic nitrogens is 2. The molecule has 3 rings (SSSR count). The molecule has 0 saturated carbocycles. The molecular weight excluding hydrogens is 367 g/mol. The van der Waals surface area contributed by atoms with E-state index in [0.717, 1.165) is 5.56 Å². The van der Waals surface area contributed by atoms with E-state index in [1.165, 1.54) is 9.80 Å². The third-order valence-electron chi connectivity index (χ3n) is 4.26. The molecule has 2 aromatic rings. The smallest absolute Gasteiger partial charge is 0.278 e. The highest BCUT2D eigenvalue weighted by Gasteiger charge is 2.39. The molecule has 1 atom stereocenters. The number of aliphatic hydroxyl groups excluding tert-OH is 2. The van der Waals surface area contributed by atoms with Gasteiger partial charge < -0.3 is 19.7 Å². The van der Waals surface area contributed by atoms with E-state index in [0.29, 0.717) is 33.8 Å². The molecule has 134 valence electrons. The predicted octanol–water partition coefficient (Wildman–Crippen LogP) is 1.63. The Balaban J connectivity index is 1.96. The molecule has 1 aliphatic heterocycles. The normalized spacial score (nSPS) is 17.2. The van der Waals surface area contributed by atoms with Crippen LogP contribution in [-0.2, 0) is 20.0 Å². The summed E-state index contributed by atoms with van der Waals surface area (Å²) < 4.78 is 1.65. The molecule has 0 saturated heterocycles. The maximum atomic E-state index is 12.9. The van der Waals surface area contributed by atoms with E-state index in [1.807, 2.05) is 0 Å². The molecule has 0 spiro atoms. The van der Waals surface area contributed by atoms with Crippen LogP contribution in [0.15, 0.2) is 18.2 Å². The van der Waals surface area contributed by atoms with Gasteiger partial charge in [0.1, 0.15) is 5.82 Å². The molecule has 0 fully saturated rings. The van der Waals surface area contributed by atoms with Gasteiger partial charge in [-0.1, -0.05) is 29.3 Å². The summed E-state index contributed by atoms with van der Waals surface area (Å²) in [6.07, 6.45) is -0.834. The third-order valence-corrected chi connectivity index (χ3v) is 5.00. The van der Waals surface area contributed by atoms with Gasteiger partial charge in [-0.05, 0) is 17.7 Å². The monoisotopic (exact) mass is 384 g/mol. The van der Waals surface area contributed by atoms with E-state index in [2.05, 4.69) is 4.98 Å². The fourth-order valence-electron chi connectivity index (χ4n) is 2.89. The summed E-state index contributed by atoms with van der Waals surface area (Å²) in [6, 6.07) is 5.07. The second-order valence-electron chi connectivity index (χ2n) is 5.87. The van der Waals surface area contributed by atoms with Gasteiger partial charge in [0, 0.05) is 20.5 Å². The van der Waals surface area contributed by atoms with Crippen LogP contribution in [-0.4, -0.2) is 50.6 Å². The summed E-state index contributed by atoms with van der Waals surface area (Å²) in [5.74, 6) is 0.635. The second-order valence-corrected chi connectivity index (χ2v) is 6.69. The van der Waals surface area contributed by atoms with Crippen LogP contribution >= 0.6 is 23.2 Å². The number of hydrogen-bond acceptors (Lipinski definition) is 5. The third kappa shape index (κ3) is 3.08. The van der Waals surface area contributed by atoms with E-state index in [1.54, 1.807) is 36.9 Å². The minimum absolute atomic E-state index is 0.0722. The lowest BCUT2D eigenvalue weighted by molar-refractivity contribution is -0.000737. The fourth-order valence-corrected chi connectivity index (χ4v) is 3.21. The standard InChI is InChI=1S/C16H18Cl2N4O3/c1-20-12(5-6-23)19-14-13(20)15(24)22(16(25)21(14)2)8-9-3-4-10(17)11(18)7-9/h3-4,7,16,23,25H,5-6,8H2,1-2H3. The van der Waals surface area contributed by atoms with E-state index in [9.17, 15) is 9.90 Å². The molecular formula is C16H18Cl2N4O3. The predicted molar refractivity (Wildman–Crippen MR) is 94.7 cm³/mol. The highest BCUT2D eigenvalue weighted by Crippen LogP contribution is 2.31. The van der Waals surface area contributed by atoms with Gasteiger partial charge in [-0.15, -0.1) is 0 Å². The maximum Gasteiger partial charge on any atom is 0.278 e. The molecule has 0 aliphatic carbocycles. The zero-order valence-electron chi connectivity index (χ0n) is 13.8. The van der Waals surface area contributed by atoms with Crippen molar-refractivity contribution < 1.29 is 15.0 Å². The van der Waals surface area contributed by atoms with E-state index < -0.39 is 6.35 Å². The van der Waals surface area contributed by atoms with Crippen LogP contribution < -0.4 is 4.90 Å². The van der Waals surface area contributed by atoms with Crippen LogP contribution in [0.5, 0.6) is 0 Å². The molecule has 2 heterocycles. The van der Waals surface area contributed by atoms with Gasteiger partial charge in [0.05, 0.1) is 23.2 Å². The number of anilines is 1. The first-order chi connectivity index (χ1) is 11.8. The second kappa shape index (κ2) is 6.84. The average molecular weight is 385 g/mol. The minimum atomic E-state index is -1.16. The summed E-state index contributed by atoms with van der Waals surface area (Å²) in [6.45, 7) is 0.0956. The van der Waals surface area contributed by atoms with Crippen molar-refractivity contribution in [3.63, 3.8) is 0 Å². The Morgan fingerprint density at radius 1 is 1.24 bits per heavy atom. The average Bonchev–Trinajstić information content (AvgIpc) is 2.90. The van der Waals surface area contributed by atoms with Gasteiger partial charge in [0.25, 0.3) is 5.91 Å². The molecule has 1 aliphatic rings. The number of carbonyl (C=O) groups is 1. The largest absolute Gasteiger partial charge is 0.396 e. The Morgan fingerprint density at radius 3 is 2.60 bits per heavy atom. The SMILES string of the molecule is CN1c2nc(CCO)n(C)c2C(=O)N(Cc2ccc(Cl)c(Cl)c2)C1O. The van der Waals surface area contributed by atoms with Crippen LogP contribution in [0.3, 0.4) is 0 Å². The summed E-state index contributed by atoms with van der Waals surface area (Å²) >= 11 is 12.0. The molecule has 1 aromatic heterocycles. The molecule has 1 aromatic carbocycles. The molecule has 2 N–H and O–H groups in total. The Morgan fingerprint density at radius 2 is 1.96 bits per heavy atom. The van der Waals surface area contributed by atoms with Crippen molar-refractivity contribution >= 4 is 34.9 Å². The summed E-state index contributed by atoms with van der Waals surface area (Å²) in [7, 11) is 3.38. The van der Waals surface area contributed by atoms with Crippen molar-refractivity contribution in [1.82, 2.24) is 14.5 Å². The lowest BCUT2D eigenvalue weighted by atomic mass is 10.2. The van der Waals surface area contributed by atoms with E-state index in [-0.39, 0.29) is 19.1 Å². The number of imidazole rings is 1. The first kappa shape index (κ1) is 18.0. The van der Waals surface area contributed by atoms with Gasteiger partial charge in [0.2, 0.25) is 6.35 Å². The van der Waals surface area contributed by atoms with Crippen molar-refractivity contribution in [2.75, 3.05) is 18.6 Å². The van der Waals surface area contributed by atoms with Crippen LogP contribution in [0, 0.1) is 0 Å². The van der Waals surface area contributed by atoms with E-state index in [4.69, 9.17) is 28.3 Å². The molecule has 7 nitrogen and oxygen atoms in total. The Bertz CT molecular complexity index is 824. The zero-order chi connectivity index (χ0) is 18.3. The first-order valence-corrected chi connectivity index (χ1v) is 8.43. The highest BCUT2D eigenvalue weighted by molar-refractivity contribution is 6.42.